The van der Waals surface area contributed by atoms with Crippen molar-refractivity contribution in [1.29, 1.82) is 0 Å². The Bertz CT molecular complexity index is 1540. The van der Waals surface area contributed by atoms with Crippen molar-refractivity contribution in [3.8, 4) is 17.0 Å². The molecule has 44 heavy (non-hydrogen) atoms. The fraction of sp³-hybridized carbons (Fsp3) is 0.469. The molecular formula is C32H39ClFN5O5. The number of carbonyl (C=O) groups is 3. The van der Waals surface area contributed by atoms with Crippen molar-refractivity contribution in [2.75, 3.05) is 5.32 Å². The van der Waals surface area contributed by atoms with Crippen LogP contribution in [0.5, 0.6) is 5.75 Å². The summed E-state index contributed by atoms with van der Waals surface area (Å²) < 4.78 is 19.6. The zero-order valence-electron chi connectivity index (χ0n) is 25.8. The normalized spacial score (nSPS) is 17.7. The first-order chi connectivity index (χ1) is 20.6. The molecule has 0 radical (unpaired) electrons. The minimum atomic E-state index is -0.868. The average molecular weight is 628 g/mol. The third kappa shape index (κ3) is 7.93. The number of nitrogens with zero attached hydrogens (tertiary/aromatic N) is 2. The summed E-state index contributed by atoms with van der Waals surface area (Å²) in [5.74, 6) is -2.09. The van der Waals surface area contributed by atoms with Gasteiger partial charge in [-0.25, -0.2) is 14.2 Å². The second kappa shape index (κ2) is 13.3. The molecule has 4 rings (SSSR count). The number of anilines is 1. The van der Waals surface area contributed by atoms with Crippen molar-refractivity contribution in [1.82, 2.24) is 20.6 Å². The number of Topliss-reactive ketones (excluding diaryl/α,β-unsaturated/α-hetero) is 1. The third-order valence-electron chi connectivity index (χ3n) is 7.45. The highest BCUT2D eigenvalue weighted by molar-refractivity contribution is 6.32. The first-order valence-electron chi connectivity index (χ1n) is 14.7. The number of carbonyl (C=O) groups excluding carboxylic acids is 3. The van der Waals surface area contributed by atoms with E-state index in [4.69, 9.17) is 21.3 Å². The molecule has 1 fully saturated rings. The number of rotatable bonds is 8. The Hall–Kier alpha value is -3.99. The molecule has 2 heterocycles. The molecule has 2 amide bonds. The Morgan fingerprint density at radius 2 is 1.75 bits per heavy atom. The van der Waals surface area contributed by atoms with Gasteiger partial charge >= 0.3 is 6.09 Å². The van der Waals surface area contributed by atoms with E-state index in [9.17, 15) is 23.9 Å². The van der Waals surface area contributed by atoms with Crippen LogP contribution in [0.15, 0.2) is 30.5 Å². The van der Waals surface area contributed by atoms with Crippen LogP contribution in [0.4, 0.5) is 14.9 Å². The zero-order chi connectivity index (χ0) is 32.3. The molecule has 4 N–H and O–H groups in total. The lowest BCUT2D eigenvalue weighted by Gasteiger charge is -2.32. The largest absolute Gasteiger partial charge is 0.504 e. The highest BCUT2D eigenvalue weighted by Crippen LogP contribution is 2.34. The van der Waals surface area contributed by atoms with Gasteiger partial charge in [0.05, 0.1) is 27.5 Å². The molecular weight excluding hydrogens is 589 g/mol. The van der Waals surface area contributed by atoms with E-state index in [1.165, 1.54) is 19.2 Å². The van der Waals surface area contributed by atoms with Gasteiger partial charge in [-0.15, -0.1) is 0 Å². The molecule has 0 aliphatic heterocycles. The number of benzene rings is 1. The summed E-state index contributed by atoms with van der Waals surface area (Å²) >= 11 is 6.00. The molecule has 1 aliphatic rings. The number of aromatic hydroxyl groups is 1. The smallest absolute Gasteiger partial charge is 0.408 e. The quantitative estimate of drug-likeness (QED) is 0.211. The summed E-state index contributed by atoms with van der Waals surface area (Å²) in [6.07, 6.45) is 3.65. The number of fused-ring (bicyclic) bond motifs is 1. The van der Waals surface area contributed by atoms with E-state index >= 15 is 0 Å². The molecule has 3 aromatic rings. The van der Waals surface area contributed by atoms with E-state index in [-0.39, 0.29) is 34.7 Å². The molecule has 1 aliphatic carbocycles. The Morgan fingerprint density at radius 1 is 1.09 bits per heavy atom. The number of hydrogen-bond donors (Lipinski definition) is 4. The van der Waals surface area contributed by atoms with Crippen LogP contribution in [0.1, 0.15) is 77.6 Å². The van der Waals surface area contributed by atoms with Crippen LogP contribution in [-0.4, -0.2) is 56.6 Å². The predicted molar refractivity (Wildman–Crippen MR) is 167 cm³/mol. The van der Waals surface area contributed by atoms with E-state index in [0.717, 1.165) is 6.07 Å². The molecule has 1 unspecified atom stereocenters. The van der Waals surface area contributed by atoms with Gasteiger partial charge in [0.15, 0.2) is 17.3 Å². The first kappa shape index (κ1) is 32.9. The number of alkyl carbamates (subject to hydrolysis) is 1. The van der Waals surface area contributed by atoms with Gasteiger partial charge in [-0.1, -0.05) is 25.4 Å². The maximum Gasteiger partial charge on any atom is 0.408 e. The lowest BCUT2D eigenvalue weighted by molar-refractivity contribution is -0.125. The monoisotopic (exact) mass is 627 g/mol. The van der Waals surface area contributed by atoms with Crippen LogP contribution < -0.4 is 16.0 Å². The van der Waals surface area contributed by atoms with Gasteiger partial charge in [-0.2, -0.15) is 0 Å². The zero-order valence-corrected chi connectivity index (χ0v) is 26.5. The summed E-state index contributed by atoms with van der Waals surface area (Å²) in [7, 11) is 0. The number of phenols is 1. The summed E-state index contributed by atoms with van der Waals surface area (Å²) in [5.41, 5.74) is 1.99. The van der Waals surface area contributed by atoms with Gasteiger partial charge in [0.25, 0.3) is 0 Å². The number of amides is 2. The first-order valence-corrected chi connectivity index (χ1v) is 15.1. The summed E-state index contributed by atoms with van der Waals surface area (Å²) in [5, 5.41) is 18.9. The van der Waals surface area contributed by atoms with E-state index in [2.05, 4.69) is 20.9 Å². The Labute approximate surface area is 261 Å². The number of ketones is 1. The van der Waals surface area contributed by atoms with Crippen molar-refractivity contribution >= 4 is 46.1 Å². The number of aromatic nitrogens is 2. The van der Waals surface area contributed by atoms with Gasteiger partial charge < -0.3 is 25.8 Å². The molecule has 1 atom stereocenters. The molecule has 10 nitrogen and oxygen atoms in total. The van der Waals surface area contributed by atoms with Crippen LogP contribution in [0.25, 0.3) is 22.3 Å². The summed E-state index contributed by atoms with van der Waals surface area (Å²) in [4.78, 5) is 47.1. The predicted octanol–water partition coefficient (Wildman–Crippen LogP) is 6.39. The van der Waals surface area contributed by atoms with Crippen molar-refractivity contribution < 1.29 is 28.6 Å². The molecule has 1 aromatic carbocycles. The van der Waals surface area contributed by atoms with E-state index in [1.807, 2.05) is 13.8 Å². The van der Waals surface area contributed by atoms with Gasteiger partial charge in [0.1, 0.15) is 17.2 Å². The summed E-state index contributed by atoms with van der Waals surface area (Å²) in [6, 6.07) is 5.14. The minimum Gasteiger partial charge on any atom is -0.504 e. The number of hydrogen-bond acceptors (Lipinski definition) is 8. The lowest BCUT2D eigenvalue weighted by Crippen LogP contribution is -2.53. The van der Waals surface area contributed by atoms with Gasteiger partial charge in [-0.05, 0) is 83.6 Å². The number of nitrogens with one attached hydrogen (secondary N) is 3. The van der Waals surface area contributed by atoms with Crippen molar-refractivity contribution in [3.63, 3.8) is 0 Å². The third-order valence-corrected chi connectivity index (χ3v) is 7.74. The van der Waals surface area contributed by atoms with E-state index in [1.54, 1.807) is 32.9 Å². The second-order valence-electron chi connectivity index (χ2n) is 12.5. The van der Waals surface area contributed by atoms with Gasteiger partial charge in [0, 0.05) is 23.8 Å². The molecule has 0 spiro atoms. The van der Waals surface area contributed by atoms with Crippen molar-refractivity contribution in [3.05, 3.63) is 46.9 Å². The summed E-state index contributed by atoms with van der Waals surface area (Å²) in [6.45, 7) is 10.5. The number of ether oxygens (including phenoxy) is 1. The highest BCUT2D eigenvalue weighted by Gasteiger charge is 2.30. The Kier molecular flexibility index (Phi) is 9.98. The van der Waals surface area contributed by atoms with Crippen LogP contribution in [0, 0.1) is 11.7 Å². The SMILES string of the molecule is CC(=O)c1cnc2ccc(-c3cc(F)c(O)c(Cl)c3)nc2c1N[C@H]1CC[C@H](NC(=O)C(NC(=O)OC(C)(C)C)C(C)C)CC1. The van der Waals surface area contributed by atoms with Crippen molar-refractivity contribution in [2.45, 2.75) is 91.0 Å². The maximum atomic E-state index is 14.2. The molecule has 2 aromatic heterocycles. The fourth-order valence-electron chi connectivity index (χ4n) is 5.20. The molecule has 12 heteroatoms. The maximum absolute atomic E-state index is 14.2. The Morgan fingerprint density at radius 3 is 2.34 bits per heavy atom. The minimum absolute atomic E-state index is 0.0151. The molecule has 1 saturated carbocycles. The highest BCUT2D eigenvalue weighted by atomic mass is 35.5. The van der Waals surface area contributed by atoms with E-state index in [0.29, 0.717) is 59.2 Å². The Balaban J connectivity index is 1.49. The fourth-order valence-corrected chi connectivity index (χ4v) is 5.41. The van der Waals surface area contributed by atoms with E-state index < -0.39 is 29.3 Å². The van der Waals surface area contributed by atoms with Crippen molar-refractivity contribution in [2.24, 2.45) is 5.92 Å². The number of halogens is 2. The molecule has 236 valence electrons. The number of pyridine rings is 2. The topological polar surface area (TPSA) is 143 Å². The molecule has 0 bridgehead atoms. The molecule has 0 saturated heterocycles. The number of phenolic OH excluding ortho intramolecular Hbond substituents is 1. The van der Waals surface area contributed by atoms with Crippen LogP contribution in [0.3, 0.4) is 0 Å². The average Bonchev–Trinajstić information content (AvgIpc) is 2.94. The van der Waals surface area contributed by atoms with Gasteiger partial charge in [0.2, 0.25) is 5.91 Å². The second-order valence-corrected chi connectivity index (χ2v) is 12.9. The standard InChI is InChI=1S/C32H39ClFN5O5/c1-16(2)26(39-31(43)44-32(4,5)6)30(42)37-20-9-7-19(8-10-20)36-27-21(17(3)40)15-35-25-12-11-24(38-28(25)27)18-13-22(33)29(41)23(34)14-18/h11-16,19-20,26,41H,7-10H2,1-6H3,(H,35,36)(H,37,42)(H,39,43)/t19-,20-,26?. The lowest BCUT2D eigenvalue weighted by atomic mass is 9.90. The van der Waals surface area contributed by atoms with Crippen LogP contribution in [-0.2, 0) is 9.53 Å². The van der Waals surface area contributed by atoms with Crippen LogP contribution >= 0.6 is 11.6 Å². The van der Waals surface area contributed by atoms with Gasteiger partial charge in [-0.3, -0.25) is 14.6 Å². The van der Waals surface area contributed by atoms with Crippen LogP contribution in [0.2, 0.25) is 5.02 Å².